The fourth-order valence-corrected chi connectivity index (χ4v) is 2.23. The standard InChI is InChI=1S/C13H25NO3/c1-13(2,3)11-5-7-14(8-6-11)12(15)17-10-9-16-4/h11H,5-10H2,1-4H3. The largest absolute Gasteiger partial charge is 0.447 e. The fraction of sp³-hybridized carbons (Fsp3) is 0.923. The molecule has 1 amide bonds. The summed E-state index contributed by atoms with van der Waals surface area (Å²) in [7, 11) is 1.60. The molecular weight excluding hydrogens is 218 g/mol. The van der Waals surface area contributed by atoms with Gasteiger partial charge in [-0.05, 0) is 24.2 Å². The summed E-state index contributed by atoms with van der Waals surface area (Å²) in [4.78, 5) is 13.5. The van der Waals surface area contributed by atoms with Crippen LogP contribution in [0, 0.1) is 11.3 Å². The van der Waals surface area contributed by atoms with Crippen molar-refractivity contribution >= 4 is 6.09 Å². The van der Waals surface area contributed by atoms with Crippen LogP contribution in [0.5, 0.6) is 0 Å². The van der Waals surface area contributed by atoms with Crippen LogP contribution in [0.2, 0.25) is 0 Å². The van der Waals surface area contributed by atoms with Crippen molar-refractivity contribution in [3.05, 3.63) is 0 Å². The second kappa shape index (κ2) is 6.24. The Balaban J connectivity index is 2.29. The van der Waals surface area contributed by atoms with Crippen LogP contribution in [0.3, 0.4) is 0 Å². The highest BCUT2D eigenvalue weighted by Gasteiger charge is 2.30. The molecule has 17 heavy (non-hydrogen) atoms. The average Bonchev–Trinajstić information content (AvgIpc) is 2.28. The molecule has 1 aliphatic heterocycles. The molecule has 0 atom stereocenters. The molecule has 0 N–H and O–H groups in total. The highest BCUT2D eigenvalue weighted by atomic mass is 16.6. The summed E-state index contributed by atoms with van der Waals surface area (Å²) >= 11 is 0. The maximum atomic E-state index is 11.7. The zero-order chi connectivity index (χ0) is 12.9. The molecule has 4 nitrogen and oxygen atoms in total. The molecule has 1 fully saturated rings. The fourth-order valence-electron chi connectivity index (χ4n) is 2.23. The van der Waals surface area contributed by atoms with Crippen LogP contribution in [0.4, 0.5) is 4.79 Å². The smallest absolute Gasteiger partial charge is 0.409 e. The third-order valence-corrected chi connectivity index (χ3v) is 3.49. The second-order valence-electron chi connectivity index (χ2n) is 5.73. The molecule has 0 aromatic heterocycles. The molecule has 0 aliphatic carbocycles. The Labute approximate surface area is 104 Å². The van der Waals surface area contributed by atoms with Gasteiger partial charge in [0.1, 0.15) is 6.61 Å². The van der Waals surface area contributed by atoms with Gasteiger partial charge in [0.15, 0.2) is 0 Å². The molecule has 100 valence electrons. The van der Waals surface area contributed by atoms with E-state index in [0.29, 0.717) is 24.5 Å². The van der Waals surface area contributed by atoms with Gasteiger partial charge in [-0.2, -0.15) is 0 Å². The van der Waals surface area contributed by atoms with E-state index in [2.05, 4.69) is 20.8 Å². The van der Waals surface area contributed by atoms with Gasteiger partial charge in [0.2, 0.25) is 0 Å². The van der Waals surface area contributed by atoms with Crippen LogP contribution in [-0.4, -0.2) is 44.4 Å². The van der Waals surface area contributed by atoms with E-state index in [1.807, 2.05) is 0 Å². The Morgan fingerprint density at radius 3 is 2.29 bits per heavy atom. The number of amides is 1. The van der Waals surface area contributed by atoms with E-state index in [0.717, 1.165) is 25.9 Å². The molecule has 0 unspecified atom stereocenters. The van der Waals surface area contributed by atoms with Gasteiger partial charge >= 0.3 is 6.09 Å². The van der Waals surface area contributed by atoms with Crippen molar-refractivity contribution in [2.45, 2.75) is 33.6 Å². The molecule has 1 rings (SSSR count). The van der Waals surface area contributed by atoms with Gasteiger partial charge < -0.3 is 14.4 Å². The molecule has 0 aromatic carbocycles. The first-order valence-electron chi connectivity index (χ1n) is 6.36. The summed E-state index contributed by atoms with van der Waals surface area (Å²) in [6, 6.07) is 0. The van der Waals surface area contributed by atoms with Crippen molar-refractivity contribution in [2.24, 2.45) is 11.3 Å². The molecule has 0 saturated carbocycles. The van der Waals surface area contributed by atoms with Crippen LogP contribution in [0.1, 0.15) is 33.6 Å². The maximum Gasteiger partial charge on any atom is 0.409 e. The zero-order valence-corrected chi connectivity index (χ0v) is 11.5. The number of hydrogen-bond donors (Lipinski definition) is 0. The first-order valence-corrected chi connectivity index (χ1v) is 6.36. The van der Waals surface area contributed by atoms with Gasteiger partial charge in [-0.1, -0.05) is 20.8 Å². The minimum atomic E-state index is -0.200. The molecular formula is C13H25NO3. The summed E-state index contributed by atoms with van der Waals surface area (Å²) in [5, 5.41) is 0. The number of likely N-dealkylation sites (tertiary alicyclic amines) is 1. The van der Waals surface area contributed by atoms with Crippen molar-refractivity contribution in [3.63, 3.8) is 0 Å². The van der Waals surface area contributed by atoms with Gasteiger partial charge in [0.25, 0.3) is 0 Å². The highest BCUT2D eigenvalue weighted by Crippen LogP contribution is 2.34. The number of methoxy groups -OCH3 is 1. The predicted octanol–water partition coefficient (Wildman–Crippen LogP) is 2.53. The van der Waals surface area contributed by atoms with Crippen molar-refractivity contribution in [1.82, 2.24) is 4.90 Å². The lowest BCUT2D eigenvalue weighted by molar-refractivity contribution is 0.0529. The highest BCUT2D eigenvalue weighted by molar-refractivity contribution is 5.67. The Morgan fingerprint density at radius 1 is 1.24 bits per heavy atom. The minimum absolute atomic E-state index is 0.200. The molecule has 1 heterocycles. The number of piperidine rings is 1. The van der Waals surface area contributed by atoms with Crippen molar-refractivity contribution < 1.29 is 14.3 Å². The topological polar surface area (TPSA) is 38.8 Å². The Kier molecular flexibility index (Phi) is 5.25. The minimum Gasteiger partial charge on any atom is -0.447 e. The number of carbonyl (C=O) groups is 1. The molecule has 1 saturated heterocycles. The third-order valence-electron chi connectivity index (χ3n) is 3.49. The molecule has 0 spiro atoms. The molecule has 0 bridgehead atoms. The van der Waals surface area contributed by atoms with E-state index >= 15 is 0 Å². The Bertz CT molecular complexity index is 240. The second-order valence-corrected chi connectivity index (χ2v) is 5.73. The predicted molar refractivity (Wildman–Crippen MR) is 67.0 cm³/mol. The van der Waals surface area contributed by atoms with Gasteiger partial charge in [-0.3, -0.25) is 0 Å². The van der Waals surface area contributed by atoms with Gasteiger partial charge in [0.05, 0.1) is 6.61 Å². The van der Waals surface area contributed by atoms with E-state index in [-0.39, 0.29) is 6.09 Å². The number of ether oxygens (including phenoxy) is 2. The van der Waals surface area contributed by atoms with Crippen molar-refractivity contribution in [3.8, 4) is 0 Å². The maximum absolute atomic E-state index is 11.7. The zero-order valence-electron chi connectivity index (χ0n) is 11.5. The Hall–Kier alpha value is -0.770. The number of rotatable bonds is 3. The van der Waals surface area contributed by atoms with Gasteiger partial charge in [0, 0.05) is 20.2 Å². The van der Waals surface area contributed by atoms with Gasteiger partial charge in [-0.25, -0.2) is 4.79 Å². The monoisotopic (exact) mass is 243 g/mol. The SMILES string of the molecule is COCCOC(=O)N1CCC(C(C)(C)C)CC1. The lowest BCUT2D eigenvalue weighted by Gasteiger charge is -2.38. The van der Waals surface area contributed by atoms with Crippen molar-refractivity contribution in [2.75, 3.05) is 33.4 Å². The van der Waals surface area contributed by atoms with Crippen LogP contribution in [0.15, 0.2) is 0 Å². The van der Waals surface area contributed by atoms with E-state index in [4.69, 9.17) is 9.47 Å². The Morgan fingerprint density at radius 2 is 1.82 bits per heavy atom. The quantitative estimate of drug-likeness (QED) is 0.715. The van der Waals surface area contributed by atoms with Crippen LogP contribution < -0.4 is 0 Å². The van der Waals surface area contributed by atoms with E-state index < -0.39 is 0 Å². The number of hydrogen-bond acceptors (Lipinski definition) is 3. The normalized spacial score (nSPS) is 18.2. The summed E-state index contributed by atoms with van der Waals surface area (Å²) < 4.78 is 9.95. The van der Waals surface area contributed by atoms with E-state index in [1.54, 1.807) is 12.0 Å². The average molecular weight is 243 g/mol. The lowest BCUT2D eigenvalue weighted by Crippen LogP contribution is -2.41. The summed E-state index contributed by atoms with van der Waals surface area (Å²) in [5.74, 6) is 0.700. The number of nitrogens with zero attached hydrogens (tertiary/aromatic N) is 1. The summed E-state index contributed by atoms with van der Waals surface area (Å²) in [6.45, 7) is 9.24. The summed E-state index contributed by atoms with van der Waals surface area (Å²) in [6.07, 6.45) is 1.94. The number of carbonyl (C=O) groups excluding carboxylic acids is 1. The van der Waals surface area contributed by atoms with E-state index in [1.165, 1.54) is 0 Å². The summed E-state index contributed by atoms with van der Waals surface area (Å²) in [5.41, 5.74) is 0.339. The van der Waals surface area contributed by atoms with Crippen LogP contribution >= 0.6 is 0 Å². The first kappa shape index (κ1) is 14.3. The third kappa shape index (κ3) is 4.54. The van der Waals surface area contributed by atoms with Gasteiger partial charge in [-0.15, -0.1) is 0 Å². The molecule has 1 aliphatic rings. The van der Waals surface area contributed by atoms with Crippen molar-refractivity contribution in [1.29, 1.82) is 0 Å². The lowest BCUT2D eigenvalue weighted by atomic mass is 9.75. The van der Waals surface area contributed by atoms with Crippen LogP contribution in [-0.2, 0) is 9.47 Å². The van der Waals surface area contributed by atoms with E-state index in [9.17, 15) is 4.79 Å². The molecule has 4 heteroatoms. The molecule has 0 aromatic rings. The van der Waals surface area contributed by atoms with Crippen LogP contribution in [0.25, 0.3) is 0 Å². The first-order chi connectivity index (χ1) is 7.95. The molecule has 0 radical (unpaired) electrons.